The van der Waals surface area contributed by atoms with Gasteiger partial charge in [-0.25, -0.2) is 18.6 Å². The number of aryl methyl sites for hydroxylation is 1. The number of hydrogen-bond donors (Lipinski definition) is 0. The monoisotopic (exact) mass is 431 g/mol. The molecule has 0 aliphatic rings. The minimum Gasteiger partial charge on any atom is -0.487 e. The molecular formula is C23H23F2NO5. The Hall–Kier alpha value is -3.26. The minimum absolute atomic E-state index is 0.0201. The van der Waals surface area contributed by atoms with Gasteiger partial charge < -0.3 is 18.6 Å². The van der Waals surface area contributed by atoms with E-state index in [1.807, 2.05) is 0 Å². The van der Waals surface area contributed by atoms with Crippen molar-refractivity contribution in [1.29, 1.82) is 0 Å². The van der Waals surface area contributed by atoms with Crippen molar-refractivity contribution in [3.05, 3.63) is 71.1 Å². The summed E-state index contributed by atoms with van der Waals surface area (Å²) in [5.41, 5.74) is 1.03. The number of carbonyl (C=O) groups is 1. The van der Waals surface area contributed by atoms with Crippen molar-refractivity contribution in [1.82, 2.24) is 4.98 Å². The molecule has 3 rings (SSSR count). The fourth-order valence-corrected chi connectivity index (χ4v) is 2.99. The standard InChI is InChI=1S/C23H23F2NO5/c1-4-29-21(23(27)28-3)11-15-9-10-16(12-19(15)25)30-13-20-14(2)31-22(26-20)17-7-5-6-8-18(17)24/h5-10,12,21H,4,11,13H2,1-3H3/t21-/m0/s1. The van der Waals surface area contributed by atoms with E-state index in [9.17, 15) is 13.6 Å². The number of halogens is 2. The summed E-state index contributed by atoms with van der Waals surface area (Å²) >= 11 is 0. The number of rotatable bonds is 9. The molecule has 31 heavy (non-hydrogen) atoms. The van der Waals surface area contributed by atoms with E-state index in [1.54, 1.807) is 38.1 Å². The third kappa shape index (κ3) is 5.46. The van der Waals surface area contributed by atoms with Gasteiger partial charge in [-0.15, -0.1) is 0 Å². The van der Waals surface area contributed by atoms with Gasteiger partial charge in [0.2, 0.25) is 5.89 Å². The maximum atomic E-state index is 14.5. The van der Waals surface area contributed by atoms with Gasteiger partial charge >= 0.3 is 5.97 Å². The Bertz CT molecular complexity index is 1050. The molecule has 1 atom stereocenters. The largest absolute Gasteiger partial charge is 0.487 e. The molecule has 0 N–H and O–H groups in total. The average molecular weight is 431 g/mol. The predicted molar refractivity (Wildman–Crippen MR) is 109 cm³/mol. The van der Waals surface area contributed by atoms with E-state index >= 15 is 0 Å². The molecule has 8 heteroatoms. The van der Waals surface area contributed by atoms with Crippen LogP contribution in [0.15, 0.2) is 46.9 Å². The highest BCUT2D eigenvalue weighted by molar-refractivity contribution is 5.75. The summed E-state index contributed by atoms with van der Waals surface area (Å²) in [4.78, 5) is 16.1. The second kappa shape index (κ2) is 10.2. The number of hydrogen-bond acceptors (Lipinski definition) is 6. The second-order valence-corrected chi connectivity index (χ2v) is 6.71. The molecule has 6 nitrogen and oxygen atoms in total. The third-order valence-corrected chi connectivity index (χ3v) is 4.63. The molecule has 0 radical (unpaired) electrons. The molecule has 0 unspecified atom stereocenters. The van der Waals surface area contributed by atoms with Crippen molar-refractivity contribution in [2.45, 2.75) is 33.0 Å². The van der Waals surface area contributed by atoms with Crippen molar-refractivity contribution in [2.75, 3.05) is 13.7 Å². The summed E-state index contributed by atoms with van der Waals surface area (Å²) in [5, 5.41) is 0. The van der Waals surface area contributed by atoms with Gasteiger partial charge in [0.05, 0.1) is 12.7 Å². The van der Waals surface area contributed by atoms with Crippen LogP contribution in [-0.2, 0) is 27.3 Å². The van der Waals surface area contributed by atoms with Gasteiger partial charge in [-0.05, 0) is 37.6 Å². The Morgan fingerprint density at radius 3 is 2.61 bits per heavy atom. The fourth-order valence-electron chi connectivity index (χ4n) is 2.99. The number of ether oxygens (including phenoxy) is 3. The lowest BCUT2D eigenvalue weighted by Gasteiger charge is -2.15. The molecule has 1 aromatic heterocycles. The number of methoxy groups -OCH3 is 1. The number of benzene rings is 2. The molecule has 0 spiro atoms. The summed E-state index contributed by atoms with van der Waals surface area (Å²) in [6.07, 6.45) is -0.841. The van der Waals surface area contributed by atoms with Gasteiger partial charge in [0.1, 0.15) is 35.4 Å². The van der Waals surface area contributed by atoms with Crippen LogP contribution < -0.4 is 4.74 Å². The lowest BCUT2D eigenvalue weighted by atomic mass is 10.1. The number of aromatic nitrogens is 1. The van der Waals surface area contributed by atoms with E-state index in [0.717, 1.165) is 0 Å². The third-order valence-electron chi connectivity index (χ3n) is 4.63. The Labute approximate surface area is 178 Å². The van der Waals surface area contributed by atoms with Gasteiger partial charge in [0, 0.05) is 19.1 Å². The molecule has 0 amide bonds. The fraction of sp³-hybridized carbons (Fsp3) is 0.304. The summed E-state index contributed by atoms with van der Waals surface area (Å²) in [5.74, 6) is -0.620. The molecule has 0 aliphatic heterocycles. The maximum Gasteiger partial charge on any atom is 0.335 e. The first kappa shape index (κ1) is 22.4. The Kier molecular flexibility index (Phi) is 7.36. The molecule has 0 saturated carbocycles. The van der Waals surface area contributed by atoms with Gasteiger partial charge in [0.15, 0.2) is 6.10 Å². The van der Waals surface area contributed by atoms with Crippen LogP contribution in [0, 0.1) is 18.6 Å². The van der Waals surface area contributed by atoms with Crippen LogP contribution in [0.4, 0.5) is 8.78 Å². The van der Waals surface area contributed by atoms with Crippen molar-refractivity contribution >= 4 is 5.97 Å². The van der Waals surface area contributed by atoms with Crippen LogP contribution in [0.25, 0.3) is 11.5 Å². The molecule has 1 heterocycles. The molecule has 2 aromatic carbocycles. The highest BCUT2D eigenvalue weighted by atomic mass is 19.1. The normalized spacial score (nSPS) is 11.9. The lowest BCUT2D eigenvalue weighted by Crippen LogP contribution is -2.28. The zero-order valence-electron chi connectivity index (χ0n) is 17.5. The SMILES string of the molecule is CCO[C@@H](Cc1ccc(OCc2nc(-c3ccccc3F)oc2C)cc1F)C(=O)OC. The molecule has 0 saturated heterocycles. The maximum absolute atomic E-state index is 14.5. The van der Waals surface area contributed by atoms with Crippen molar-refractivity contribution < 1.29 is 32.2 Å². The first-order valence-electron chi connectivity index (χ1n) is 9.74. The van der Waals surface area contributed by atoms with Crippen molar-refractivity contribution in [3.63, 3.8) is 0 Å². The van der Waals surface area contributed by atoms with E-state index in [-0.39, 0.29) is 30.2 Å². The van der Waals surface area contributed by atoms with Crippen molar-refractivity contribution in [2.24, 2.45) is 0 Å². The van der Waals surface area contributed by atoms with Crippen LogP contribution in [0.1, 0.15) is 23.9 Å². The Morgan fingerprint density at radius 2 is 1.94 bits per heavy atom. The van der Waals surface area contributed by atoms with E-state index in [4.69, 9.17) is 18.6 Å². The molecule has 0 bridgehead atoms. The van der Waals surface area contributed by atoms with Crippen LogP contribution in [0.2, 0.25) is 0 Å². The predicted octanol–water partition coefficient (Wildman–Crippen LogP) is 4.63. The van der Waals surface area contributed by atoms with E-state index < -0.39 is 23.7 Å². The summed E-state index contributed by atoms with van der Waals surface area (Å²) in [6.45, 7) is 3.76. The highest BCUT2D eigenvalue weighted by Gasteiger charge is 2.22. The summed E-state index contributed by atoms with van der Waals surface area (Å²) < 4.78 is 49.7. The van der Waals surface area contributed by atoms with Gasteiger partial charge in [-0.1, -0.05) is 18.2 Å². The number of carbonyl (C=O) groups excluding carboxylic acids is 1. The Morgan fingerprint density at radius 1 is 1.16 bits per heavy atom. The number of nitrogens with zero attached hydrogens (tertiary/aromatic N) is 1. The minimum atomic E-state index is -0.883. The van der Waals surface area contributed by atoms with Gasteiger partial charge in [0.25, 0.3) is 0 Å². The van der Waals surface area contributed by atoms with E-state index in [0.29, 0.717) is 23.6 Å². The van der Waals surface area contributed by atoms with Gasteiger partial charge in [-0.3, -0.25) is 0 Å². The van der Waals surface area contributed by atoms with E-state index in [2.05, 4.69) is 4.98 Å². The van der Waals surface area contributed by atoms with Gasteiger partial charge in [-0.2, -0.15) is 0 Å². The van der Waals surface area contributed by atoms with Crippen LogP contribution in [0.5, 0.6) is 5.75 Å². The molecule has 0 fully saturated rings. The topological polar surface area (TPSA) is 70.8 Å². The van der Waals surface area contributed by atoms with Crippen LogP contribution in [-0.4, -0.2) is 30.8 Å². The number of esters is 1. The first-order chi connectivity index (χ1) is 14.9. The first-order valence-corrected chi connectivity index (χ1v) is 9.74. The highest BCUT2D eigenvalue weighted by Crippen LogP contribution is 2.25. The zero-order valence-corrected chi connectivity index (χ0v) is 17.5. The second-order valence-electron chi connectivity index (χ2n) is 6.71. The zero-order chi connectivity index (χ0) is 22.4. The van der Waals surface area contributed by atoms with Crippen LogP contribution in [0.3, 0.4) is 0 Å². The molecule has 0 aliphatic carbocycles. The van der Waals surface area contributed by atoms with Crippen LogP contribution >= 0.6 is 0 Å². The average Bonchev–Trinajstić information content (AvgIpc) is 3.13. The smallest absolute Gasteiger partial charge is 0.335 e. The lowest BCUT2D eigenvalue weighted by molar-refractivity contribution is -0.153. The summed E-state index contributed by atoms with van der Waals surface area (Å²) in [7, 11) is 1.26. The van der Waals surface area contributed by atoms with E-state index in [1.165, 1.54) is 25.3 Å². The Balaban J connectivity index is 1.68. The summed E-state index contributed by atoms with van der Waals surface area (Å²) in [6, 6.07) is 10.5. The van der Waals surface area contributed by atoms with Crippen molar-refractivity contribution in [3.8, 4) is 17.2 Å². The molecular weight excluding hydrogens is 408 g/mol. The number of oxazole rings is 1. The molecule has 164 valence electrons. The quantitative estimate of drug-likeness (QED) is 0.460. The molecule has 3 aromatic rings.